The highest BCUT2D eigenvalue weighted by Crippen LogP contribution is 2.50. The van der Waals surface area contributed by atoms with Gasteiger partial charge in [-0.1, -0.05) is 153 Å². The molecule has 0 amide bonds. The highest BCUT2D eigenvalue weighted by molar-refractivity contribution is 7.27. The molecule has 2 heteroatoms. The second-order valence-corrected chi connectivity index (χ2v) is 15.2. The van der Waals surface area contributed by atoms with Crippen molar-refractivity contribution in [2.75, 3.05) is 4.90 Å². The zero-order valence-electron chi connectivity index (χ0n) is 28.6. The van der Waals surface area contributed by atoms with E-state index in [0.717, 1.165) is 11.4 Å². The van der Waals surface area contributed by atoms with Gasteiger partial charge in [-0.15, -0.1) is 11.3 Å². The van der Waals surface area contributed by atoms with Crippen LogP contribution in [0.25, 0.3) is 64.3 Å². The minimum atomic E-state index is -0.0128. The third kappa shape index (κ3) is 4.75. The Labute approximate surface area is 302 Å². The maximum absolute atomic E-state index is 2.46. The minimum absolute atomic E-state index is 0.0128. The summed E-state index contributed by atoms with van der Waals surface area (Å²) in [5.74, 6) is 0. The first kappa shape index (κ1) is 29.9. The molecule has 1 heterocycles. The first-order chi connectivity index (χ1) is 25.0. The lowest BCUT2D eigenvalue weighted by Crippen LogP contribution is -2.14. The van der Waals surface area contributed by atoms with Crippen LogP contribution in [0.2, 0.25) is 0 Å². The highest BCUT2D eigenvalue weighted by Gasteiger charge is 2.35. The predicted molar refractivity (Wildman–Crippen MR) is 220 cm³/mol. The van der Waals surface area contributed by atoms with Crippen molar-refractivity contribution in [3.8, 4) is 33.4 Å². The van der Waals surface area contributed by atoms with E-state index in [2.05, 4.69) is 195 Å². The summed E-state index contributed by atoms with van der Waals surface area (Å²) in [5, 5.41) is 5.18. The summed E-state index contributed by atoms with van der Waals surface area (Å²) in [6.07, 6.45) is 0. The van der Waals surface area contributed by atoms with E-state index < -0.39 is 0 Å². The molecule has 1 aromatic heterocycles. The summed E-state index contributed by atoms with van der Waals surface area (Å²) in [6.45, 7) is 4.69. The van der Waals surface area contributed by atoms with Crippen LogP contribution >= 0.6 is 11.3 Å². The highest BCUT2D eigenvalue weighted by atomic mass is 32.1. The number of nitrogens with zero attached hydrogens (tertiary/aromatic N) is 1. The fourth-order valence-corrected chi connectivity index (χ4v) is 9.63. The maximum atomic E-state index is 2.46. The van der Waals surface area contributed by atoms with Crippen LogP contribution < -0.4 is 4.90 Å². The molecule has 1 aliphatic rings. The molecule has 0 atom stereocenters. The average molecular weight is 670 g/mol. The third-order valence-corrected chi connectivity index (χ3v) is 12.1. The van der Waals surface area contributed by atoms with E-state index >= 15 is 0 Å². The standard InChI is InChI=1S/C49H35NS/c1-49(2)44-23-9-8-21-40(44)43-31-36(26-28-45(43)49)35-17-11-19-38(30-35)50(37-18-10-16-34(29-37)32-13-4-3-5-14-32)46-24-12-22-41-42-27-25-33-15-6-7-20-39(33)47(42)51-48(41)46/h3-31H,1-2H3. The molecule has 242 valence electrons. The first-order valence-electron chi connectivity index (χ1n) is 17.7. The van der Waals surface area contributed by atoms with Crippen LogP contribution in [0.5, 0.6) is 0 Å². The Hall–Kier alpha value is -5.96. The maximum Gasteiger partial charge on any atom is 0.0640 e. The number of anilines is 3. The number of hydrogen-bond acceptors (Lipinski definition) is 2. The van der Waals surface area contributed by atoms with E-state index in [1.165, 1.54) is 81.1 Å². The first-order valence-corrected chi connectivity index (χ1v) is 18.5. The molecule has 0 radical (unpaired) electrons. The van der Waals surface area contributed by atoms with Crippen LogP contribution in [-0.2, 0) is 5.41 Å². The molecule has 51 heavy (non-hydrogen) atoms. The van der Waals surface area contributed by atoms with Crippen LogP contribution in [0.4, 0.5) is 17.1 Å². The van der Waals surface area contributed by atoms with Crippen LogP contribution in [-0.4, -0.2) is 0 Å². The van der Waals surface area contributed by atoms with Crippen LogP contribution in [0.1, 0.15) is 25.0 Å². The third-order valence-electron chi connectivity index (χ3n) is 10.8. The quantitative estimate of drug-likeness (QED) is 0.176. The number of fused-ring (bicyclic) bond motifs is 8. The fraction of sp³-hybridized carbons (Fsp3) is 0.0612. The number of hydrogen-bond donors (Lipinski definition) is 0. The fourth-order valence-electron chi connectivity index (χ4n) is 8.29. The minimum Gasteiger partial charge on any atom is -0.309 e. The molecule has 0 unspecified atom stereocenters. The zero-order valence-corrected chi connectivity index (χ0v) is 29.4. The Morgan fingerprint density at radius 1 is 0.412 bits per heavy atom. The molecule has 0 saturated carbocycles. The summed E-state index contributed by atoms with van der Waals surface area (Å²) in [7, 11) is 0. The van der Waals surface area contributed by atoms with Gasteiger partial charge in [0.05, 0.1) is 10.4 Å². The number of thiophene rings is 1. The van der Waals surface area contributed by atoms with Crippen LogP contribution in [0.15, 0.2) is 176 Å². The monoisotopic (exact) mass is 669 g/mol. The largest absolute Gasteiger partial charge is 0.309 e. The van der Waals surface area contributed by atoms with E-state index in [1.54, 1.807) is 0 Å². The van der Waals surface area contributed by atoms with Gasteiger partial charge >= 0.3 is 0 Å². The lowest BCUT2D eigenvalue weighted by atomic mass is 9.82. The molecule has 0 saturated heterocycles. The molecule has 8 aromatic carbocycles. The molecular formula is C49H35NS. The SMILES string of the molecule is CC1(C)c2ccccc2-c2cc(-c3cccc(N(c4cccc(-c5ccccc5)c4)c4cccc5c4sc4c6ccccc6ccc54)c3)ccc21. The van der Waals surface area contributed by atoms with Crippen molar-refractivity contribution in [3.63, 3.8) is 0 Å². The second-order valence-electron chi connectivity index (χ2n) is 14.2. The van der Waals surface area contributed by atoms with E-state index in [1.807, 2.05) is 11.3 Å². The molecular weight excluding hydrogens is 635 g/mol. The van der Waals surface area contributed by atoms with Crippen molar-refractivity contribution in [1.82, 2.24) is 0 Å². The van der Waals surface area contributed by atoms with Crippen molar-refractivity contribution in [2.24, 2.45) is 0 Å². The summed E-state index contributed by atoms with van der Waals surface area (Å²) < 4.78 is 2.62. The number of rotatable bonds is 5. The Morgan fingerprint density at radius 2 is 1.02 bits per heavy atom. The van der Waals surface area contributed by atoms with Crippen molar-refractivity contribution >= 4 is 59.3 Å². The van der Waals surface area contributed by atoms with E-state index in [9.17, 15) is 0 Å². The molecule has 9 aromatic rings. The van der Waals surface area contributed by atoms with Crippen molar-refractivity contribution < 1.29 is 0 Å². The average Bonchev–Trinajstić information content (AvgIpc) is 3.68. The second kappa shape index (κ2) is 11.6. The van der Waals surface area contributed by atoms with Gasteiger partial charge in [-0.3, -0.25) is 0 Å². The summed E-state index contributed by atoms with van der Waals surface area (Å²) in [5.41, 5.74) is 13.8. The smallest absolute Gasteiger partial charge is 0.0640 e. The molecule has 1 aliphatic carbocycles. The van der Waals surface area contributed by atoms with Gasteiger partial charge in [-0.2, -0.15) is 0 Å². The van der Waals surface area contributed by atoms with E-state index in [0.29, 0.717) is 0 Å². The Kier molecular flexibility index (Phi) is 6.78. The summed E-state index contributed by atoms with van der Waals surface area (Å²) in [4.78, 5) is 2.46. The molecule has 0 N–H and O–H groups in total. The Morgan fingerprint density at radius 3 is 1.84 bits per heavy atom. The van der Waals surface area contributed by atoms with Crippen molar-refractivity contribution in [3.05, 3.63) is 187 Å². The molecule has 0 fully saturated rings. The lowest BCUT2D eigenvalue weighted by Gasteiger charge is -2.27. The molecule has 0 bridgehead atoms. The van der Waals surface area contributed by atoms with Gasteiger partial charge < -0.3 is 4.90 Å². The lowest BCUT2D eigenvalue weighted by molar-refractivity contribution is 0.660. The van der Waals surface area contributed by atoms with Gasteiger partial charge in [0, 0.05) is 32.3 Å². The molecule has 1 nitrogen and oxygen atoms in total. The normalized spacial score (nSPS) is 13.1. The molecule has 10 rings (SSSR count). The van der Waals surface area contributed by atoms with Gasteiger partial charge in [0.15, 0.2) is 0 Å². The van der Waals surface area contributed by atoms with Gasteiger partial charge in [0.25, 0.3) is 0 Å². The molecule has 0 aliphatic heterocycles. The van der Waals surface area contributed by atoms with Gasteiger partial charge in [-0.05, 0) is 91.7 Å². The Balaban J connectivity index is 1.18. The van der Waals surface area contributed by atoms with Gasteiger partial charge in [0.1, 0.15) is 0 Å². The summed E-state index contributed by atoms with van der Waals surface area (Å²) in [6, 6.07) is 64.8. The van der Waals surface area contributed by atoms with Crippen molar-refractivity contribution in [1.29, 1.82) is 0 Å². The van der Waals surface area contributed by atoms with Gasteiger partial charge in [0.2, 0.25) is 0 Å². The Bertz CT molecular complexity index is 2790. The van der Waals surface area contributed by atoms with Crippen LogP contribution in [0.3, 0.4) is 0 Å². The number of benzene rings is 8. The van der Waals surface area contributed by atoms with Crippen molar-refractivity contribution in [2.45, 2.75) is 19.3 Å². The zero-order chi connectivity index (χ0) is 34.1. The topological polar surface area (TPSA) is 3.24 Å². The molecule has 0 spiro atoms. The van der Waals surface area contributed by atoms with Crippen LogP contribution in [0, 0.1) is 0 Å². The predicted octanol–water partition coefficient (Wildman–Crippen LogP) is 14.3. The van der Waals surface area contributed by atoms with Gasteiger partial charge in [-0.25, -0.2) is 0 Å². The summed E-state index contributed by atoms with van der Waals surface area (Å²) >= 11 is 1.90. The van der Waals surface area contributed by atoms with E-state index in [-0.39, 0.29) is 5.41 Å². The van der Waals surface area contributed by atoms with E-state index in [4.69, 9.17) is 0 Å².